The van der Waals surface area contributed by atoms with Crippen molar-refractivity contribution in [1.29, 1.82) is 0 Å². The Hall–Kier alpha value is -1.94. The Morgan fingerprint density at radius 1 is 1.05 bits per heavy atom. The molecule has 0 aliphatic rings. The van der Waals surface area contributed by atoms with Crippen molar-refractivity contribution in [1.82, 2.24) is 4.90 Å². The standard InChI is InChI=1S/C17H20N2OS/c1-19(12-14-5-9-16(21-2)10-6-14)17(20)11-13-3-7-15(18)8-4-13/h3-10H,11-12,18H2,1-2H3. The Labute approximate surface area is 130 Å². The van der Waals surface area contributed by atoms with Gasteiger partial charge in [-0.15, -0.1) is 11.8 Å². The number of anilines is 1. The van der Waals surface area contributed by atoms with Crippen LogP contribution in [0.1, 0.15) is 11.1 Å². The lowest BCUT2D eigenvalue weighted by atomic mass is 10.1. The van der Waals surface area contributed by atoms with Crippen LogP contribution in [0.3, 0.4) is 0 Å². The smallest absolute Gasteiger partial charge is 0.227 e. The molecular formula is C17H20N2OS. The van der Waals surface area contributed by atoms with Crippen molar-refractivity contribution in [3.8, 4) is 0 Å². The van der Waals surface area contributed by atoms with E-state index in [1.165, 1.54) is 4.90 Å². The largest absolute Gasteiger partial charge is 0.399 e. The van der Waals surface area contributed by atoms with E-state index in [9.17, 15) is 4.79 Å². The highest BCUT2D eigenvalue weighted by atomic mass is 32.2. The normalized spacial score (nSPS) is 10.4. The molecule has 0 saturated heterocycles. The summed E-state index contributed by atoms with van der Waals surface area (Å²) in [5, 5.41) is 0. The van der Waals surface area contributed by atoms with Crippen LogP contribution in [0.25, 0.3) is 0 Å². The van der Waals surface area contributed by atoms with Gasteiger partial charge in [0.15, 0.2) is 0 Å². The number of amides is 1. The Morgan fingerprint density at radius 2 is 1.62 bits per heavy atom. The second kappa shape index (κ2) is 7.18. The molecule has 0 bridgehead atoms. The zero-order chi connectivity index (χ0) is 15.2. The monoisotopic (exact) mass is 300 g/mol. The van der Waals surface area contributed by atoms with Crippen LogP contribution in [0.5, 0.6) is 0 Å². The molecule has 0 fully saturated rings. The molecule has 2 aromatic carbocycles. The number of carbonyl (C=O) groups excluding carboxylic acids is 1. The van der Waals surface area contributed by atoms with Gasteiger partial charge in [0.05, 0.1) is 6.42 Å². The van der Waals surface area contributed by atoms with E-state index in [1.807, 2.05) is 31.3 Å². The Balaban J connectivity index is 1.93. The molecule has 0 unspecified atom stereocenters. The minimum Gasteiger partial charge on any atom is -0.399 e. The quantitative estimate of drug-likeness (QED) is 0.681. The predicted molar refractivity (Wildman–Crippen MR) is 89.3 cm³/mol. The SMILES string of the molecule is CSc1ccc(CN(C)C(=O)Cc2ccc(N)cc2)cc1. The van der Waals surface area contributed by atoms with Crippen molar-refractivity contribution in [2.45, 2.75) is 17.9 Å². The lowest BCUT2D eigenvalue weighted by Crippen LogP contribution is -2.27. The van der Waals surface area contributed by atoms with Crippen molar-refractivity contribution in [3.05, 3.63) is 59.7 Å². The number of hydrogen-bond donors (Lipinski definition) is 1. The summed E-state index contributed by atoms with van der Waals surface area (Å²) in [5.74, 6) is 0.105. The first-order valence-corrected chi connectivity index (χ1v) is 8.02. The first-order chi connectivity index (χ1) is 10.1. The average molecular weight is 300 g/mol. The maximum Gasteiger partial charge on any atom is 0.227 e. The number of rotatable bonds is 5. The molecule has 0 aliphatic carbocycles. The van der Waals surface area contributed by atoms with Crippen LogP contribution in [0.2, 0.25) is 0 Å². The van der Waals surface area contributed by atoms with Crippen molar-refractivity contribution in [3.63, 3.8) is 0 Å². The van der Waals surface area contributed by atoms with E-state index in [4.69, 9.17) is 5.73 Å². The molecule has 2 aromatic rings. The molecule has 1 amide bonds. The summed E-state index contributed by atoms with van der Waals surface area (Å²) in [5.41, 5.74) is 8.49. The summed E-state index contributed by atoms with van der Waals surface area (Å²) in [7, 11) is 1.84. The second-order valence-corrected chi connectivity index (χ2v) is 5.90. The zero-order valence-corrected chi connectivity index (χ0v) is 13.2. The van der Waals surface area contributed by atoms with Crippen LogP contribution < -0.4 is 5.73 Å². The molecule has 110 valence electrons. The molecule has 0 aromatic heterocycles. The van der Waals surface area contributed by atoms with Crippen LogP contribution >= 0.6 is 11.8 Å². The van der Waals surface area contributed by atoms with Gasteiger partial charge in [-0.05, 0) is 41.6 Å². The third kappa shape index (κ3) is 4.53. The van der Waals surface area contributed by atoms with Gasteiger partial charge in [-0.3, -0.25) is 4.79 Å². The van der Waals surface area contributed by atoms with Crippen molar-refractivity contribution < 1.29 is 4.79 Å². The maximum absolute atomic E-state index is 12.2. The molecule has 3 nitrogen and oxygen atoms in total. The summed E-state index contributed by atoms with van der Waals surface area (Å²) in [6.07, 6.45) is 2.46. The van der Waals surface area contributed by atoms with Gasteiger partial charge in [0.1, 0.15) is 0 Å². The van der Waals surface area contributed by atoms with E-state index in [0.717, 1.165) is 11.1 Å². The van der Waals surface area contributed by atoms with E-state index in [1.54, 1.807) is 16.7 Å². The van der Waals surface area contributed by atoms with Gasteiger partial charge in [0, 0.05) is 24.2 Å². The molecule has 0 heterocycles. The minimum atomic E-state index is 0.105. The zero-order valence-electron chi connectivity index (χ0n) is 12.4. The summed E-state index contributed by atoms with van der Waals surface area (Å²) in [6.45, 7) is 0.627. The molecular weight excluding hydrogens is 280 g/mol. The molecule has 0 spiro atoms. The van der Waals surface area contributed by atoms with Gasteiger partial charge in [-0.25, -0.2) is 0 Å². The predicted octanol–water partition coefficient (Wildman–Crippen LogP) is 3.19. The number of likely N-dealkylation sites (N-methyl/N-ethyl adjacent to an activating group) is 1. The highest BCUT2D eigenvalue weighted by Gasteiger charge is 2.10. The average Bonchev–Trinajstić information content (AvgIpc) is 2.50. The van der Waals surface area contributed by atoms with Gasteiger partial charge in [-0.2, -0.15) is 0 Å². The Morgan fingerprint density at radius 3 is 2.19 bits per heavy atom. The van der Waals surface area contributed by atoms with Crippen LogP contribution in [0, 0.1) is 0 Å². The Bertz CT molecular complexity index is 593. The molecule has 2 N–H and O–H groups in total. The van der Waals surface area contributed by atoms with E-state index in [0.29, 0.717) is 18.7 Å². The van der Waals surface area contributed by atoms with Gasteiger partial charge in [0.2, 0.25) is 5.91 Å². The molecule has 0 radical (unpaired) electrons. The third-order valence-electron chi connectivity index (χ3n) is 3.34. The van der Waals surface area contributed by atoms with Crippen LogP contribution in [-0.4, -0.2) is 24.1 Å². The first kappa shape index (κ1) is 15.4. The number of hydrogen-bond acceptors (Lipinski definition) is 3. The van der Waals surface area contributed by atoms with Gasteiger partial charge < -0.3 is 10.6 Å². The minimum absolute atomic E-state index is 0.105. The van der Waals surface area contributed by atoms with Crippen molar-refractivity contribution in [2.24, 2.45) is 0 Å². The second-order valence-electron chi connectivity index (χ2n) is 5.02. The lowest BCUT2D eigenvalue weighted by molar-refractivity contribution is -0.129. The maximum atomic E-state index is 12.2. The number of nitrogens with zero attached hydrogens (tertiary/aromatic N) is 1. The summed E-state index contributed by atoms with van der Waals surface area (Å²) in [4.78, 5) is 15.2. The van der Waals surface area contributed by atoms with Gasteiger partial charge >= 0.3 is 0 Å². The van der Waals surface area contributed by atoms with E-state index in [2.05, 4.69) is 30.5 Å². The fourth-order valence-electron chi connectivity index (χ4n) is 2.04. The molecule has 0 atom stereocenters. The van der Waals surface area contributed by atoms with E-state index in [-0.39, 0.29) is 5.91 Å². The fourth-order valence-corrected chi connectivity index (χ4v) is 2.45. The van der Waals surface area contributed by atoms with Gasteiger partial charge in [-0.1, -0.05) is 24.3 Å². The third-order valence-corrected chi connectivity index (χ3v) is 4.08. The molecule has 0 aliphatic heterocycles. The van der Waals surface area contributed by atoms with Crippen LogP contribution in [0.4, 0.5) is 5.69 Å². The van der Waals surface area contributed by atoms with Crippen LogP contribution in [0.15, 0.2) is 53.4 Å². The van der Waals surface area contributed by atoms with Crippen LogP contribution in [-0.2, 0) is 17.8 Å². The number of nitrogen functional groups attached to an aromatic ring is 1. The topological polar surface area (TPSA) is 46.3 Å². The van der Waals surface area contributed by atoms with Gasteiger partial charge in [0.25, 0.3) is 0 Å². The Kier molecular flexibility index (Phi) is 5.28. The molecule has 2 rings (SSSR count). The summed E-state index contributed by atoms with van der Waals surface area (Å²) in [6, 6.07) is 15.7. The van der Waals surface area contributed by atoms with Crippen molar-refractivity contribution in [2.75, 3.05) is 19.0 Å². The first-order valence-electron chi connectivity index (χ1n) is 6.80. The molecule has 4 heteroatoms. The molecule has 0 saturated carbocycles. The van der Waals surface area contributed by atoms with E-state index >= 15 is 0 Å². The number of thioether (sulfide) groups is 1. The molecule has 21 heavy (non-hydrogen) atoms. The van der Waals surface area contributed by atoms with E-state index < -0.39 is 0 Å². The summed E-state index contributed by atoms with van der Waals surface area (Å²) < 4.78 is 0. The number of benzene rings is 2. The highest BCUT2D eigenvalue weighted by Crippen LogP contribution is 2.16. The number of carbonyl (C=O) groups is 1. The van der Waals surface area contributed by atoms with Crippen molar-refractivity contribution >= 4 is 23.4 Å². The fraction of sp³-hybridized carbons (Fsp3) is 0.235. The summed E-state index contributed by atoms with van der Waals surface area (Å²) >= 11 is 1.71. The number of nitrogens with two attached hydrogens (primary N) is 1. The highest BCUT2D eigenvalue weighted by molar-refractivity contribution is 7.98. The lowest BCUT2D eigenvalue weighted by Gasteiger charge is -2.17.